The quantitative estimate of drug-likeness (QED) is 0.690. The number of carbonyl (C=O) groups excluding carboxylic acids is 2. The molecule has 0 radical (unpaired) electrons. The Balaban J connectivity index is 1.62. The van der Waals surface area contributed by atoms with Crippen LogP contribution in [0, 0.1) is 0 Å². The van der Waals surface area contributed by atoms with Gasteiger partial charge in [-0.3, -0.25) is 9.59 Å². The Morgan fingerprint density at radius 1 is 1.14 bits per heavy atom. The highest BCUT2D eigenvalue weighted by atomic mass is 32.2. The lowest BCUT2D eigenvalue weighted by atomic mass is 10.3. The number of esters is 1. The molecule has 148 valence electrons. The van der Waals surface area contributed by atoms with Crippen LogP contribution in [0.3, 0.4) is 0 Å². The van der Waals surface area contributed by atoms with Crippen molar-refractivity contribution in [2.45, 2.75) is 17.7 Å². The predicted molar refractivity (Wildman–Crippen MR) is 100 cm³/mol. The summed E-state index contributed by atoms with van der Waals surface area (Å²) >= 11 is 0. The monoisotopic (exact) mass is 405 g/mol. The summed E-state index contributed by atoms with van der Waals surface area (Å²) in [6.45, 7) is 0.344. The average Bonchev–Trinajstić information content (AvgIpc) is 3.22. The van der Waals surface area contributed by atoms with Crippen molar-refractivity contribution in [3.8, 4) is 0 Å². The van der Waals surface area contributed by atoms with Gasteiger partial charge in [0.05, 0.1) is 4.90 Å². The first-order chi connectivity index (χ1) is 13.4. The van der Waals surface area contributed by atoms with Crippen LogP contribution in [0.1, 0.15) is 23.2 Å². The second-order valence-corrected chi connectivity index (χ2v) is 8.11. The van der Waals surface area contributed by atoms with E-state index in [2.05, 4.69) is 10.3 Å². The van der Waals surface area contributed by atoms with Gasteiger partial charge >= 0.3 is 5.97 Å². The van der Waals surface area contributed by atoms with Crippen LogP contribution in [0.4, 0.5) is 5.69 Å². The van der Waals surface area contributed by atoms with E-state index in [4.69, 9.17) is 4.74 Å². The maximum atomic E-state index is 12.6. The molecule has 1 aromatic carbocycles. The van der Waals surface area contributed by atoms with Gasteiger partial charge < -0.3 is 15.0 Å². The third-order valence-electron chi connectivity index (χ3n) is 4.19. The molecule has 1 aliphatic rings. The van der Waals surface area contributed by atoms with Crippen molar-refractivity contribution in [2.24, 2.45) is 0 Å². The summed E-state index contributed by atoms with van der Waals surface area (Å²) < 4.78 is 31.4. The van der Waals surface area contributed by atoms with Crippen molar-refractivity contribution < 1.29 is 22.7 Å². The molecular formula is C18H19N3O6S. The van der Waals surface area contributed by atoms with Crippen LogP contribution in [0.25, 0.3) is 0 Å². The van der Waals surface area contributed by atoms with E-state index in [1.54, 1.807) is 0 Å². The number of carbonyl (C=O) groups is 2. The molecule has 0 saturated carbocycles. The van der Waals surface area contributed by atoms with Crippen LogP contribution < -0.4 is 10.9 Å². The largest absolute Gasteiger partial charge is 0.452 e. The van der Waals surface area contributed by atoms with Crippen molar-refractivity contribution in [2.75, 3.05) is 25.0 Å². The highest BCUT2D eigenvalue weighted by Crippen LogP contribution is 2.23. The zero-order chi connectivity index (χ0) is 20.1. The SMILES string of the molecule is O=C(COC(=O)c1ccc[nH]c1=O)Nc1cccc(S(=O)(=O)N2CCCC2)c1. The van der Waals surface area contributed by atoms with Crippen LogP contribution in [-0.2, 0) is 19.6 Å². The maximum absolute atomic E-state index is 12.6. The molecule has 1 amide bonds. The van der Waals surface area contributed by atoms with E-state index in [-0.39, 0.29) is 16.1 Å². The molecule has 3 rings (SSSR count). The molecular weight excluding hydrogens is 386 g/mol. The number of pyridine rings is 1. The van der Waals surface area contributed by atoms with Gasteiger partial charge in [-0.05, 0) is 43.2 Å². The van der Waals surface area contributed by atoms with Crippen molar-refractivity contribution in [1.82, 2.24) is 9.29 Å². The highest BCUT2D eigenvalue weighted by Gasteiger charge is 2.27. The predicted octanol–water partition coefficient (Wildman–Crippen LogP) is 0.955. The van der Waals surface area contributed by atoms with E-state index in [9.17, 15) is 22.8 Å². The Morgan fingerprint density at radius 3 is 2.61 bits per heavy atom. The fraction of sp³-hybridized carbons (Fsp3) is 0.278. The van der Waals surface area contributed by atoms with Gasteiger partial charge in [0.15, 0.2) is 6.61 Å². The van der Waals surface area contributed by atoms with Gasteiger partial charge in [0, 0.05) is 25.0 Å². The van der Waals surface area contributed by atoms with Crippen LogP contribution in [-0.4, -0.2) is 49.3 Å². The number of amides is 1. The minimum absolute atomic E-state index is 0.0833. The molecule has 0 bridgehead atoms. The van der Waals surface area contributed by atoms with Gasteiger partial charge in [0.25, 0.3) is 11.5 Å². The molecule has 1 aromatic heterocycles. The normalized spacial score (nSPS) is 14.6. The standard InChI is InChI=1S/C18H19N3O6S/c22-16(12-27-18(24)15-7-4-8-19-17(15)23)20-13-5-3-6-14(11-13)28(25,26)21-9-1-2-10-21/h3-8,11H,1-2,9-10,12H2,(H,19,23)(H,20,22). The van der Waals surface area contributed by atoms with E-state index in [1.165, 1.54) is 46.9 Å². The fourth-order valence-electron chi connectivity index (χ4n) is 2.80. The van der Waals surface area contributed by atoms with Crippen molar-refractivity contribution >= 4 is 27.6 Å². The zero-order valence-electron chi connectivity index (χ0n) is 14.9. The van der Waals surface area contributed by atoms with Gasteiger partial charge in [-0.2, -0.15) is 4.31 Å². The van der Waals surface area contributed by atoms with Gasteiger partial charge in [-0.15, -0.1) is 0 Å². The molecule has 0 aliphatic carbocycles. The summed E-state index contributed by atoms with van der Waals surface area (Å²) in [5, 5.41) is 2.48. The van der Waals surface area contributed by atoms with Gasteiger partial charge in [-0.25, -0.2) is 13.2 Å². The number of nitrogens with zero attached hydrogens (tertiary/aromatic N) is 1. The number of aromatic nitrogens is 1. The van der Waals surface area contributed by atoms with Crippen molar-refractivity contribution in [1.29, 1.82) is 0 Å². The molecule has 0 atom stereocenters. The zero-order valence-corrected chi connectivity index (χ0v) is 15.7. The number of ether oxygens (including phenoxy) is 1. The number of nitrogens with one attached hydrogen (secondary N) is 2. The fourth-order valence-corrected chi connectivity index (χ4v) is 4.36. The summed E-state index contributed by atoms with van der Waals surface area (Å²) in [5.74, 6) is -1.58. The van der Waals surface area contributed by atoms with Crippen LogP contribution in [0.5, 0.6) is 0 Å². The molecule has 1 saturated heterocycles. The summed E-state index contributed by atoms with van der Waals surface area (Å²) in [5.41, 5.74) is -0.569. The first-order valence-electron chi connectivity index (χ1n) is 8.63. The molecule has 2 heterocycles. The summed E-state index contributed by atoms with van der Waals surface area (Å²) in [6, 6.07) is 8.62. The molecule has 1 aliphatic heterocycles. The van der Waals surface area contributed by atoms with Crippen molar-refractivity contribution in [3.05, 3.63) is 58.5 Å². The Hall–Kier alpha value is -2.98. The van der Waals surface area contributed by atoms with Gasteiger partial charge in [-0.1, -0.05) is 6.07 Å². The third kappa shape index (κ3) is 4.46. The van der Waals surface area contributed by atoms with Gasteiger partial charge in [0.2, 0.25) is 10.0 Å². The van der Waals surface area contributed by atoms with E-state index in [0.717, 1.165) is 12.8 Å². The van der Waals surface area contributed by atoms with E-state index in [1.807, 2.05) is 0 Å². The first-order valence-corrected chi connectivity index (χ1v) is 10.1. The van der Waals surface area contributed by atoms with E-state index in [0.29, 0.717) is 13.1 Å². The lowest BCUT2D eigenvalue weighted by Crippen LogP contribution is -2.28. The third-order valence-corrected chi connectivity index (χ3v) is 6.09. The second-order valence-electron chi connectivity index (χ2n) is 6.18. The van der Waals surface area contributed by atoms with E-state index >= 15 is 0 Å². The number of benzene rings is 1. The molecule has 2 N–H and O–H groups in total. The van der Waals surface area contributed by atoms with Crippen LogP contribution >= 0.6 is 0 Å². The van der Waals surface area contributed by atoms with Gasteiger partial charge in [0.1, 0.15) is 5.56 Å². The molecule has 9 nitrogen and oxygen atoms in total. The Kier molecular flexibility index (Phi) is 5.90. The first kappa shape index (κ1) is 19.8. The second kappa shape index (κ2) is 8.36. The number of sulfonamides is 1. The maximum Gasteiger partial charge on any atom is 0.344 e. The average molecular weight is 405 g/mol. The summed E-state index contributed by atoms with van der Waals surface area (Å²) in [7, 11) is -3.61. The minimum Gasteiger partial charge on any atom is -0.452 e. The van der Waals surface area contributed by atoms with E-state index < -0.39 is 34.1 Å². The number of rotatable bonds is 6. The Labute approximate surface area is 161 Å². The number of hydrogen-bond acceptors (Lipinski definition) is 6. The summed E-state index contributed by atoms with van der Waals surface area (Å²) in [6.07, 6.45) is 3.02. The van der Waals surface area contributed by atoms with Crippen LogP contribution in [0.2, 0.25) is 0 Å². The van der Waals surface area contributed by atoms with Crippen molar-refractivity contribution in [3.63, 3.8) is 0 Å². The number of hydrogen-bond donors (Lipinski definition) is 2. The number of anilines is 1. The molecule has 0 unspecified atom stereocenters. The number of H-pyrrole nitrogens is 1. The Bertz CT molecular complexity index is 1040. The lowest BCUT2D eigenvalue weighted by Gasteiger charge is -2.16. The topological polar surface area (TPSA) is 126 Å². The molecule has 10 heteroatoms. The minimum atomic E-state index is -3.61. The molecule has 0 spiro atoms. The smallest absolute Gasteiger partial charge is 0.344 e. The highest BCUT2D eigenvalue weighted by molar-refractivity contribution is 7.89. The summed E-state index contributed by atoms with van der Waals surface area (Å²) in [4.78, 5) is 37.8. The van der Waals surface area contributed by atoms with Crippen LogP contribution in [0.15, 0.2) is 52.3 Å². The number of aromatic amines is 1. The molecule has 2 aromatic rings. The Morgan fingerprint density at radius 2 is 1.89 bits per heavy atom. The molecule has 1 fully saturated rings. The lowest BCUT2D eigenvalue weighted by molar-refractivity contribution is -0.119. The molecule has 28 heavy (non-hydrogen) atoms.